The molecule has 2 saturated carbocycles. The van der Waals surface area contributed by atoms with Gasteiger partial charge in [-0.05, 0) is 77.9 Å². The van der Waals surface area contributed by atoms with Gasteiger partial charge in [0.15, 0.2) is 0 Å². The monoisotopic (exact) mass is 513 g/mol. The Labute approximate surface area is 211 Å². The van der Waals surface area contributed by atoms with Gasteiger partial charge in [0.2, 0.25) is 11.1 Å². The zero-order valence-corrected chi connectivity index (χ0v) is 20.4. The number of thioether (sulfide) groups is 1. The molecule has 2 aliphatic carbocycles. The molecular formula is C24H21Cl2N5O2S. The van der Waals surface area contributed by atoms with Gasteiger partial charge in [0.25, 0.3) is 0 Å². The molecule has 0 spiro atoms. The number of anilines is 1. The molecule has 0 aliphatic heterocycles. The highest BCUT2D eigenvalue weighted by Gasteiger charge is 2.40. The SMILES string of the molecule is O=C(CSc1nnnn1-c1ccc(C2CC2)cc1Cl)Nc1ccc(C#CC2(CO)CC2)cc1Cl. The normalized spacial score (nSPS) is 16.0. The van der Waals surface area contributed by atoms with Crippen LogP contribution >= 0.6 is 35.0 Å². The lowest BCUT2D eigenvalue weighted by Crippen LogP contribution is -2.15. The Bertz CT molecular complexity index is 1310. The van der Waals surface area contributed by atoms with E-state index in [0.29, 0.717) is 32.5 Å². The van der Waals surface area contributed by atoms with Crippen LogP contribution in [0.4, 0.5) is 5.69 Å². The molecule has 10 heteroatoms. The average molecular weight is 514 g/mol. The summed E-state index contributed by atoms with van der Waals surface area (Å²) < 4.78 is 1.54. The summed E-state index contributed by atoms with van der Waals surface area (Å²) in [5.41, 5.74) is 2.88. The summed E-state index contributed by atoms with van der Waals surface area (Å²) >= 11 is 14.0. The number of halogens is 2. The number of amides is 1. The van der Waals surface area contributed by atoms with Crippen LogP contribution in [0, 0.1) is 17.3 Å². The van der Waals surface area contributed by atoms with E-state index >= 15 is 0 Å². The Morgan fingerprint density at radius 2 is 2.03 bits per heavy atom. The molecule has 2 fully saturated rings. The van der Waals surface area contributed by atoms with Gasteiger partial charge in [-0.1, -0.05) is 52.9 Å². The molecule has 34 heavy (non-hydrogen) atoms. The van der Waals surface area contributed by atoms with Gasteiger partial charge in [0.05, 0.1) is 39.2 Å². The van der Waals surface area contributed by atoms with Crippen LogP contribution in [-0.2, 0) is 4.79 Å². The molecule has 1 heterocycles. The molecule has 7 nitrogen and oxygen atoms in total. The van der Waals surface area contributed by atoms with E-state index in [4.69, 9.17) is 23.2 Å². The maximum absolute atomic E-state index is 12.5. The molecule has 3 aromatic rings. The lowest BCUT2D eigenvalue weighted by Gasteiger charge is -2.09. The van der Waals surface area contributed by atoms with E-state index in [0.717, 1.165) is 18.4 Å². The fourth-order valence-corrected chi connectivity index (χ4v) is 4.66. The van der Waals surface area contributed by atoms with Crippen LogP contribution < -0.4 is 5.32 Å². The van der Waals surface area contributed by atoms with Gasteiger partial charge >= 0.3 is 0 Å². The van der Waals surface area contributed by atoms with E-state index in [1.807, 2.05) is 18.2 Å². The third kappa shape index (κ3) is 5.23. The molecule has 1 aromatic heterocycles. The maximum Gasteiger partial charge on any atom is 0.234 e. The second-order valence-electron chi connectivity index (χ2n) is 8.58. The van der Waals surface area contributed by atoms with E-state index in [-0.39, 0.29) is 23.7 Å². The van der Waals surface area contributed by atoms with Crippen LogP contribution in [0.15, 0.2) is 41.6 Å². The second kappa shape index (κ2) is 9.59. The summed E-state index contributed by atoms with van der Waals surface area (Å²) in [6.07, 6.45) is 4.22. The first kappa shape index (κ1) is 23.2. The fourth-order valence-electron chi connectivity index (χ4n) is 3.47. The summed E-state index contributed by atoms with van der Waals surface area (Å²) in [6, 6.07) is 11.1. The highest BCUT2D eigenvalue weighted by atomic mass is 35.5. The molecule has 0 saturated heterocycles. The number of hydrogen-bond donors (Lipinski definition) is 2. The first-order valence-corrected chi connectivity index (χ1v) is 12.6. The van der Waals surface area contributed by atoms with Gasteiger partial charge in [-0.25, -0.2) is 0 Å². The largest absolute Gasteiger partial charge is 0.395 e. The van der Waals surface area contributed by atoms with Crippen molar-refractivity contribution in [1.82, 2.24) is 20.2 Å². The second-order valence-corrected chi connectivity index (χ2v) is 10.3. The third-order valence-electron chi connectivity index (χ3n) is 5.89. The fraction of sp³-hybridized carbons (Fsp3) is 0.333. The number of benzene rings is 2. The van der Waals surface area contributed by atoms with Crippen LogP contribution in [0.25, 0.3) is 5.69 Å². The van der Waals surface area contributed by atoms with Gasteiger partial charge in [0.1, 0.15) is 0 Å². The minimum Gasteiger partial charge on any atom is -0.395 e. The summed E-state index contributed by atoms with van der Waals surface area (Å²) in [5.74, 6) is 6.62. The predicted octanol–water partition coefficient (Wildman–Crippen LogP) is 4.70. The van der Waals surface area contributed by atoms with Crippen molar-refractivity contribution in [2.75, 3.05) is 17.7 Å². The van der Waals surface area contributed by atoms with Gasteiger partial charge < -0.3 is 10.4 Å². The van der Waals surface area contributed by atoms with Crippen LogP contribution in [-0.4, -0.2) is 43.6 Å². The Balaban J connectivity index is 1.21. The first-order chi connectivity index (χ1) is 16.5. The van der Waals surface area contributed by atoms with E-state index in [1.54, 1.807) is 18.2 Å². The number of nitrogens with one attached hydrogen (secondary N) is 1. The molecule has 2 aromatic carbocycles. The van der Waals surface area contributed by atoms with Gasteiger partial charge in [-0.15, -0.1) is 5.10 Å². The molecular weight excluding hydrogens is 493 g/mol. The van der Waals surface area contributed by atoms with Crippen LogP contribution in [0.3, 0.4) is 0 Å². The molecule has 1 amide bonds. The molecule has 0 unspecified atom stereocenters. The molecule has 2 N–H and O–H groups in total. The van der Waals surface area contributed by atoms with Crippen molar-refractivity contribution < 1.29 is 9.90 Å². The quantitative estimate of drug-likeness (QED) is 0.351. The summed E-state index contributed by atoms with van der Waals surface area (Å²) in [5, 5.41) is 25.4. The number of carbonyl (C=O) groups excluding carboxylic acids is 1. The number of aliphatic hydroxyl groups excluding tert-OH is 1. The zero-order chi connectivity index (χ0) is 23.7. The molecule has 0 atom stereocenters. The zero-order valence-electron chi connectivity index (χ0n) is 18.1. The number of rotatable bonds is 7. The van der Waals surface area contributed by atoms with E-state index in [2.05, 4.69) is 32.7 Å². The molecule has 0 bridgehead atoms. The number of carbonyl (C=O) groups is 1. The number of hydrogen-bond acceptors (Lipinski definition) is 6. The number of aliphatic hydroxyl groups is 1. The standard InChI is InChI=1S/C24H21Cl2N5O2S/c25-18-11-15(7-8-24(14-32)9-10-24)1-5-20(18)27-22(33)13-34-23-28-29-30-31(23)21-6-4-17(12-19(21)26)16-2-3-16/h1,4-6,11-12,16,32H,2-3,9-10,13-14H2,(H,27,33). The number of nitrogens with zero attached hydrogens (tertiary/aromatic N) is 4. The summed E-state index contributed by atoms with van der Waals surface area (Å²) in [4.78, 5) is 12.5. The van der Waals surface area contributed by atoms with Crippen molar-refractivity contribution in [2.24, 2.45) is 5.41 Å². The van der Waals surface area contributed by atoms with Gasteiger partial charge in [0, 0.05) is 5.56 Å². The van der Waals surface area contributed by atoms with E-state index in [9.17, 15) is 9.90 Å². The van der Waals surface area contributed by atoms with Gasteiger partial charge in [-0.3, -0.25) is 4.79 Å². The molecule has 2 aliphatic rings. The van der Waals surface area contributed by atoms with Gasteiger partial charge in [-0.2, -0.15) is 4.68 Å². The Morgan fingerprint density at radius 3 is 2.71 bits per heavy atom. The van der Waals surface area contributed by atoms with Crippen molar-refractivity contribution in [3.05, 3.63) is 57.6 Å². The maximum atomic E-state index is 12.5. The van der Waals surface area contributed by atoms with Crippen LogP contribution in [0.1, 0.15) is 42.7 Å². The van der Waals surface area contributed by atoms with Crippen molar-refractivity contribution >= 4 is 46.6 Å². The topological polar surface area (TPSA) is 92.9 Å². The van der Waals surface area contributed by atoms with Crippen molar-refractivity contribution in [1.29, 1.82) is 0 Å². The minimum atomic E-state index is -0.254. The third-order valence-corrected chi connectivity index (χ3v) is 7.43. The first-order valence-electron chi connectivity index (χ1n) is 10.9. The van der Waals surface area contributed by atoms with E-state index in [1.165, 1.54) is 34.8 Å². The smallest absolute Gasteiger partial charge is 0.234 e. The Morgan fingerprint density at radius 1 is 1.21 bits per heavy atom. The molecule has 5 rings (SSSR count). The molecule has 174 valence electrons. The highest BCUT2D eigenvalue weighted by molar-refractivity contribution is 7.99. The lowest BCUT2D eigenvalue weighted by molar-refractivity contribution is -0.113. The van der Waals surface area contributed by atoms with Crippen LogP contribution in [0.2, 0.25) is 10.0 Å². The Hall–Kier alpha value is -2.57. The minimum absolute atomic E-state index is 0.0702. The van der Waals surface area contributed by atoms with Crippen LogP contribution in [0.5, 0.6) is 0 Å². The van der Waals surface area contributed by atoms with Crippen molar-refractivity contribution in [2.45, 2.75) is 36.8 Å². The van der Waals surface area contributed by atoms with E-state index < -0.39 is 0 Å². The molecule has 0 radical (unpaired) electrons. The van der Waals surface area contributed by atoms with Crippen molar-refractivity contribution in [3.63, 3.8) is 0 Å². The highest BCUT2D eigenvalue weighted by Crippen LogP contribution is 2.44. The van der Waals surface area contributed by atoms with Crippen molar-refractivity contribution in [3.8, 4) is 17.5 Å². The number of tetrazole rings is 1. The Kier molecular flexibility index (Phi) is 6.54. The predicted molar refractivity (Wildman–Crippen MR) is 133 cm³/mol. The summed E-state index contributed by atoms with van der Waals surface area (Å²) in [7, 11) is 0. The lowest BCUT2D eigenvalue weighted by atomic mass is 10.1. The summed E-state index contributed by atoms with van der Waals surface area (Å²) in [6.45, 7) is 0.0702. The number of aromatic nitrogens is 4. The average Bonchev–Trinajstić information content (AvgIpc) is 3.76.